The minimum atomic E-state index is 0.318. The van der Waals surface area contributed by atoms with E-state index < -0.39 is 0 Å². The summed E-state index contributed by atoms with van der Waals surface area (Å²) < 4.78 is 0. The molecule has 0 unspecified atom stereocenters. The largest absolute Gasteiger partial charge is 0.396 e. The van der Waals surface area contributed by atoms with Gasteiger partial charge in [0.15, 0.2) is 0 Å². The topological polar surface area (TPSA) is 61.3 Å². The van der Waals surface area contributed by atoms with Crippen LogP contribution in [0.4, 0.5) is 5.82 Å². The van der Waals surface area contributed by atoms with Gasteiger partial charge in [-0.3, -0.25) is 4.90 Å². The molecule has 1 aromatic heterocycles. The molecule has 2 N–H and O–H groups in total. The standard InChI is InChI=1S/C13H22N4O/c1-10-7-12(14-2)16-13(15-10)8-17-5-3-11(9-18)4-6-17/h7,11,18H,3-6,8-9H2,1-2H3,(H,14,15,16). The normalized spacial score (nSPS) is 17.9. The molecule has 100 valence electrons. The minimum absolute atomic E-state index is 0.318. The molecule has 5 nitrogen and oxygen atoms in total. The maximum Gasteiger partial charge on any atom is 0.144 e. The highest BCUT2D eigenvalue weighted by molar-refractivity contribution is 5.34. The van der Waals surface area contributed by atoms with Gasteiger partial charge >= 0.3 is 0 Å². The number of hydrogen-bond acceptors (Lipinski definition) is 5. The molecule has 0 spiro atoms. The monoisotopic (exact) mass is 250 g/mol. The molecule has 18 heavy (non-hydrogen) atoms. The van der Waals surface area contributed by atoms with Gasteiger partial charge in [0.2, 0.25) is 0 Å². The molecule has 5 heteroatoms. The van der Waals surface area contributed by atoms with Crippen molar-refractivity contribution in [3.8, 4) is 0 Å². The molecule has 0 atom stereocenters. The fourth-order valence-corrected chi connectivity index (χ4v) is 2.36. The third-order valence-electron chi connectivity index (χ3n) is 3.49. The van der Waals surface area contributed by atoms with Crippen LogP contribution in [0.25, 0.3) is 0 Å². The van der Waals surface area contributed by atoms with Gasteiger partial charge in [-0.15, -0.1) is 0 Å². The van der Waals surface area contributed by atoms with Crippen molar-refractivity contribution in [2.24, 2.45) is 5.92 Å². The second-order valence-corrected chi connectivity index (χ2v) is 4.96. The molecule has 0 aromatic carbocycles. The van der Waals surface area contributed by atoms with Gasteiger partial charge < -0.3 is 10.4 Å². The number of aryl methyl sites for hydroxylation is 1. The number of anilines is 1. The van der Waals surface area contributed by atoms with E-state index in [0.717, 1.165) is 49.8 Å². The van der Waals surface area contributed by atoms with Gasteiger partial charge in [0.05, 0.1) is 6.54 Å². The highest BCUT2D eigenvalue weighted by Crippen LogP contribution is 2.18. The zero-order valence-corrected chi connectivity index (χ0v) is 11.2. The van der Waals surface area contributed by atoms with E-state index in [1.165, 1.54) is 0 Å². The summed E-state index contributed by atoms with van der Waals surface area (Å²) in [7, 11) is 1.87. The number of aliphatic hydroxyl groups excluding tert-OH is 1. The molecule has 1 fully saturated rings. The van der Waals surface area contributed by atoms with Crippen molar-refractivity contribution >= 4 is 5.82 Å². The fourth-order valence-electron chi connectivity index (χ4n) is 2.36. The number of rotatable bonds is 4. The summed E-state index contributed by atoms with van der Waals surface area (Å²) in [5.74, 6) is 2.23. The van der Waals surface area contributed by atoms with E-state index in [0.29, 0.717) is 12.5 Å². The van der Waals surface area contributed by atoms with Crippen molar-refractivity contribution in [1.29, 1.82) is 0 Å². The zero-order valence-electron chi connectivity index (χ0n) is 11.2. The quantitative estimate of drug-likeness (QED) is 0.836. The van der Waals surface area contributed by atoms with Crippen molar-refractivity contribution in [1.82, 2.24) is 14.9 Å². The van der Waals surface area contributed by atoms with Gasteiger partial charge in [-0.25, -0.2) is 9.97 Å². The third-order valence-corrected chi connectivity index (χ3v) is 3.49. The van der Waals surface area contributed by atoms with Crippen molar-refractivity contribution in [2.75, 3.05) is 32.1 Å². The van der Waals surface area contributed by atoms with Crippen LogP contribution in [0.15, 0.2) is 6.07 Å². The lowest BCUT2D eigenvalue weighted by atomic mass is 9.98. The van der Waals surface area contributed by atoms with Gasteiger partial charge in [-0.05, 0) is 38.8 Å². The first kappa shape index (κ1) is 13.2. The summed E-state index contributed by atoms with van der Waals surface area (Å²) in [6, 6.07) is 1.95. The summed E-state index contributed by atoms with van der Waals surface area (Å²) in [6.07, 6.45) is 2.14. The van der Waals surface area contributed by atoms with Crippen LogP contribution in [0.2, 0.25) is 0 Å². The smallest absolute Gasteiger partial charge is 0.144 e. The number of hydrogen-bond donors (Lipinski definition) is 2. The molecular weight excluding hydrogens is 228 g/mol. The number of likely N-dealkylation sites (tertiary alicyclic amines) is 1. The Hall–Kier alpha value is -1.20. The van der Waals surface area contributed by atoms with Gasteiger partial charge in [0.1, 0.15) is 11.6 Å². The lowest BCUT2D eigenvalue weighted by Crippen LogP contribution is -2.34. The Bertz CT molecular complexity index is 389. The number of aliphatic hydroxyl groups is 1. The lowest BCUT2D eigenvalue weighted by Gasteiger charge is -2.30. The summed E-state index contributed by atoms with van der Waals surface area (Å²) in [4.78, 5) is 11.3. The van der Waals surface area contributed by atoms with E-state index >= 15 is 0 Å². The summed E-state index contributed by atoms with van der Waals surface area (Å²) in [5, 5.41) is 12.2. The van der Waals surface area contributed by atoms with Crippen LogP contribution < -0.4 is 5.32 Å². The fraction of sp³-hybridized carbons (Fsp3) is 0.692. The molecule has 0 aliphatic carbocycles. The van der Waals surface area contributed by atoms with Crippen LogP contribution in [0.1, 0.15) is 24.4 Å². The minimum Gasteiger partial charge on any atom is -0.396 e. The van der Waals surface area contributed by atoms with E-state index in [1.54, 1.807) is 0 Å². The second-order valence-electron chi connectivity index (χ2n) is 4.96. The first-order valence-corrected chi connectivity index (χ1v) is 6.56. The van der Waals surface area contributed by atoms with Crippen LogP contribution in [0.5, 0.6) is 0 Å². The second kappa shape index (κ2) is 6.11. The molecule has 0 radical (unpaired) electrons. The predicted molar refractivity (Wildman–Crippen MR) is 71.4 cm³/mol. The lowest BCUT2D eigenvalue weighted by molar-refractivity contribution is 0.125. The Morgan fingerprint density at radius 1 is 1.39 bits per heavy atom. The number of aromatic nitrogens is 2. The molecule has 0 bridgehead atoms. The molecule has 0 saturated carbocycles. The summed E-state index contributed by atoms with van der Waals surface area (Å²) in [6.45, 7) is 5.16. The van der Waals surface area contributed by atoms with Crippen LogP contribution in [0, 0.1) is 12.8 Å². The molecule has 1 saturated heterocycles. The Labute approximate surface area is 108 Å². The highest BCUT2D eigenvalue weighted by atomic mass is 16.3. The molecule has 1 aliphatic heterocycles. The Morgan fingerprint density at radius 2 is 2.11 bits per heavy atom. The molecular formula is C13H22N4O. The van der Waals surface area contributed by atoms with E-state index in [4.69, 9.17) is 5.11 Å². The molecule has 1 aliphatic rings. The van der Waals surface area contributed by atoms with Gasteiger partial charge in [0.25, 0.3) is 0 Å². The SMILES string of the molecule is CNc1cc(C)nc(CN2CCC(CO)CC2)n1. The van der Waals surface area contributed by atoms with Crippen molar-refractivity contribution in [3.05, 3.63) is 17.6 Å². The van der Waals surface area contributed by atoms with E-state index in [-0.39, 0.29) is 0 Å². The average Bonchev–Trinajstić information content (AvgIpc) is 2.39. The summed E-state index contributed by atoms with van der Waals surface area (Å²) in [5.41, 5.74) is 0.995. The van der Waals surface area contributed by atoms with Crippen LogP contribution in [-0.4, -0.2) is 46.7 Å². The van der Waals surface area contributed by atoms with Crippen LogP contribution >= 0.6 is 0 Å². The number of nitrogens with zero attached hydrogens (tertiary/aromatic N) is 3. The number of piperidine rings is 1. The van der Waals surface area contributed by atoms with Gasteiger partial charge in [-0.1, -0.05) is 0 Å². The maximum absolute atomic E-state index is 9.12. The maximum atomic E-state index is 9.12. The average molecular weight is 250 g/mol. The van der Waals surface area contributed by atoms with E-state index in [1.807, 2.05) is 20.0 Å². The van der Waals surface area contributed by atoms with Crippen molar-refractivity contribution in [3.63, 3.8) is 0 Å². The van der Waals surface area contributed by atoms with Crippen molar-refractivity contribution in [2.45, 2.75) is 26.3 Å². The Balaban J connectivity index is 1.95. The van der Waals surface area contributed by atoms with Crippen LogP contribution in [0.3, 0.4) is 0 Å². The van der Waals surface area contributed by atoms with Gasteiger partial charge in [0, 0.05) is 25.4 Å². The van der Waals surface area contributed by atoms with E-state index in [9.17, 15) is 0 Å². The third kappa shape index (κ3) is 3.40. The molecule has 1 aromatic rings. The van der Waals surface area contributed by atoms with Crippen molar-refractivity contribution < 1.29 is 5.11 Å². The predicted octanol–water partition coefficient (Wildman–Crippen LogP) is 1.03. The first-order valence-electron chi connectivity index (χ1n) is 6.56. The molecule has 2 heterocycles. The molecule has 0 amide bonds. The van der Waals surface area contributed by atoms with E-state index in [2.05, 4.69) is 20.2 Å². The van der Waals surface area contributed by atoms with Gasteiger partial charge in [-0.2, -0.15) is 0 Å². The zero-order chi connectivity index (χ0) is 13.0. The molecule has 2 rings (SSSR count). The Morgan fingerprint density at radius 3 is 2.72 bits per heavy atom. The first-order chi connectivity index (χ1) is 8.71. The highest BCUT2D eigenvalue weighted by Gasteiger charge is 2.19. The Kier molecular flexibility index (Phi) is 4.49. The number of nitrogens with one attached hydrogen (secondary N) is 1. The summed E-state index contributed by atoms with van der Waals surface area (Å²) >= 11 is 0. The van der Waals surface area contributed by atoms with Crippen LogP contribution in [-0.2, 0) is 6.54 Å².